The fourth-order valence-electron chi connectivity index (χ4n) is 2.44. The van der Waals surface area contributed by atoms with Gasteiger partial charge >= 0.3 is 5.97 Å². The minimum atomic E-state index is -3.82. The second kappa shape index (κ2) is 8.66. The van der Waals surface area contributed by atoms with Crippen LogP contribution in [0.15, 0.2) is 51.8 Å². The van der Waals surface area contributed by atoms with Gasteiger partial charge < -0.3 is 9.47 Å². The van der Waals surface area contributed by atoms with E-state index < -0.39 is 22.0 Å². The van der Waals surface area contributed by atoms with Crippen LogP contribution in [0.3, 0.4) is 0 Å². The Balaban J connectivity index is 2.28. The molecule has 0 saturated carbocycles. The third-order valence-corrected chi connectivity index (χ3v) is 6.19. The van der Waals surface area contributed by atoms with E-state index in [4.69, 9.17) is 9.47 Å². The summed E-state index contributed by atoms with van der Waals surface area (Å²) in [6.07, 6.45) is 0. The summed E-state index contributed by atoms with van der Waals surface area (Å²) in [7, 11) is -2.29. The Hall–Kier alpha value is -1.90. The average Bonchev–Trinajstić information content (AvgIpc) is 2.61. The van der Waals surface area contributed by atoms with Crippen LogP contribution in [0.25, 0.3) is 0 Å². The molecule has 2 aromatic rings. The molecule has 0 aromatic heterocycles. The smallest absolute Gasteiger partial charge is 0.338 e. The SMILES string of the molecule is CCOC(=O)c1ccc(S(=O)(=O)N[C@@H](C)c2ccccc2OC)c(Br)c1. The monoisotopic (exact) mass is 441 g/mol. The lowest BCUT2D eigenvalue weighted by molar-refractivity contribution is 0.0526. The molecule has 2 aromatic carbocycles. The second-order valence-corrected chi connectivity index (χ2v) is 7.99. The van der Waals surface area contributed by atoms with Crippen molar-refractivity contribution >= 4 is 31.9 Å². The summed E-state index contributed by atoms with van der Waals surface area (Å²) in [6.45, 7) is 3.68. The highest BCUT2D eigenvalue weighted by Crippen LogP contribution is 2.28. The number of para-hydroxylation sites is 1. The van der Waals surface area contributed by atoms with E-state index in [1.165, 1.54) is 25.3 Å². The van der Waals surface area contributed by atoms with E-state index in [2.05, 4.69) is 20.7 Å². The fraction of sp³-hybridized carbons (Fsp3) is 0.278. The Kier molecular flexibility index (Phi) is 6.80. The highest BCUT2D eigenvalue weighted by atomic mass is 79.9. The summed E-state index contributed by atoms with van der Waals surface area (Å²) >= 11 is 3.23. The summed E-state index contributed by atoms with van der Waals surface area (Å²) < 4.78 is 38.6. The standard InChI is InChI=1S/C18H20BrNO5S/c1-4-25-18(21)13-9-10-17(15(19)11-13)26(22,23)20-12(2)14-7-5-6-8-16(14)24-3/h5-12,20H,4H2,1-3H3/t12-/m0/s1. The molecule has 6 nitrogen and oxygen atoms in total. The lowest BCUT2D eigenvalue weighted by Crippen LogP contribution is -2.27. The maximum Gasteiger partial charge on any atom is 0.338 e. The lowest BCUT2D eigenvalue weighted by Gasteiger charge is -2.18. The molecule has 0 unspecified atom stereocenters. The van der Waals surface area contributed by atoms with Crippen molar-refractivity contribution in [1.82, 2.24) is 4.72 Å². The first-order chi connectivity index (χ1) is 12.3. The van der Waals surface area contributed by atoms with E-state index in [1.54, 1.807) is 26.0 Å². The normalized spacial score (nSPS) is 12.5. The number of benzene rings is 2. The van der Waals surface area contributed by atoms with Crippen molar-refractivity contribution in [3.05, 3.63) is 58.1 Å². The van der Waals surface area contributed by atoms with Crippen molar-refractivity contribution in [1.29, 1.82) is 0 Å². The number of carbonyl (C=O) groups excluding carboxylic acids is 1. The van der Waals surface area contributed by atoms with Crippen LogP contribution in [0.4, 0.5) is 0 Å². The number of hydrogen-bond donors (Lipinski definition) is 1. The molecule has 0 aliphatic rings. The molecule has 0 heterocycles. The first-order valence-corrected chi connectivity index (χ1v) is 10.2. The Morgan fingerprint density at radius 1 is 1.23 bits per heavy atom. The van der Waals surface area contributed by atoms with Crippen molar-refractivity contribution in [2.75, 3.05) is 13.7 Å². The maximum atomic E-state index is 12.7. The number of methoxy groups -OCH3 is 1. The predicted molar refractivity (Wildman–Crippen MR) is 102 cm³/mol. The van der Waals surface area contributed by atoms with Crippen LogP contribution in [0.2, 0.25) is 0 Å². The molecule has 0 radical (unpaired) electrons. The zero-order chi connectivity index (χ0) is 19.3. The minimum absolute atomic E-state index is 0.0345. The van der Waals surface area contributed by atoms with Crippen LogP contribution >= 0.6 is 15.9 Å². The van der Waals surface area contributed by atoms with Gasteiger partial charge in [-0.2, -0.15) is 0 Å². The molecular weight excluding hydrogens is 422 g/mol. The van der Waals surface area contributed by atoms with E-state index in [1.807, 2.05) is 12.1 Å². The third-order valence-electron chi connectivity index (χ3n) is 3.67. The summed E-state index contributed by atoms with van der Waals surface area (Å²) in [6, 6.07) is 10.9. The summed E-state index contributed by atoms with van der Waals surface area (Å²) in [5.74, 6) is 0.0897. The first-order valence-electron chi connectivity index (χ1n) is 7.92. The van der Waals surface area contributed by atoms with E-state index in [-0.39, 0.29) is 21.5 Å². The van der Waals surface area contributed by atoms with Crippen molar-refractivity contribution in [3.63, 3.8) is 0 Å². The first kappa shape index (κ1) is 20.4. The number of sulfonamides is 1. The van der Waals surface area contributed by atoms with Crippen molar-refractivity contribution in [2.24, 2.45) is 0 Å². The van der Waals surface area contributed by atoms with Gasteiger partial charge in [-0.1, -0.05) is 18.2 Å². The van der Waals surface area contributed by atoms with Crippen LogP contribution in [0, 0.1) is 0 Å². The number of carbonyl (C=O) groups is 1. The zero-order valence-electron chi connectivity index (χ0n) is 14.7. The maximum absolute atomic E-state index is 12.7. The molecule has 140 valence electrons. The van der Waals surface area contributed by atoms with Gasteiger partial charge in [0.15, 0.2) is 0 Å². The van der Waals surface area contributed by atoms with Gasteiger partial charge in [0.05, 0.1) is 24.2 Å². The van der Waals surface area contributed by atoms with Gasteiger partial charge in [0.2, 0.25) is 10.0 Å². The summed E-state index contributed by atoms with van der Waals surface area (Å²) in [4.78, 5) is 11.8. The van der Waals surface area contributed by atoms with Crippen LogP contribution in [-0.2, 0) is 14.8 Å². The number of halogens is 1. The van der Waals surface area contributed by atoms with Gasteiger partial charge in [0.1, 0.15) is 5.75 Å². The average molecular weight is 442 g/mol. The number of nitrogens with one attached hydrogen (secondary N) is 1. The predicted octanol–water partition coefficient (Wildman–Crippen LogP) is 3.67. The summed E-state index contributed by atoms with van der Waals surface area (Å²) in [5.41, 5.74) is 0.994. The molecular formula is C18H20BrNO5S. The lowest BCUT2D eigenvalue weighted by atomic mass is 10.1. The molecule has 0 spiro atoms. The van der Waals surface area contributed by atoms with Gasteiger partial charge in [-0.25, -0.2) is 17.9 Å². The molecule has 0 saturated heterocycles. The van der Waals surface area contributed by atoms with E-state index in [0.29, 0.717) is 5.75 Å². The molecule has 1 N–H and O–H groups in total. The molecule has 0 bridgehead atoms. The van der Waals surface area contributed by atoms with E-state index in [9.17, 15) is 13.2 Å². The van der Waals surface area contributed by atoms with Crippen molar-refractivity contribution < 1.29 is 22.7 Å². The molecule has 0 aliphatic carbocycles. The van der Waals surface area contributed by atoms with Gasteiger partial charge in [-0.15, -0.1) is 0 Å². The molecule has 1 atom stereocenters. The number of hydrogen-bond acceptors (Lipinski definition) is 5. The van der Waals surface area contributed by atoms with Crippen LogP contribution in [0.5, 0.6) is 5.75 Å². The number of esters is 1. The highest BCUT2D eigenvalue weighted by molar-refractivity contribution is 9.10. The molecule has 26 heavy (non-hydrogen) atoms. The Morgan fingerprint density at radius 2 is 1.92 bits per heavy atom. The Labute approximate surface area is 161 Å². The molecule has 2 rings (SSSR count). The Bertz CT molecular complexity index is 898. The molecule has 8 heteroatoms. The minimum Gasteiger partial charge on any atom is -0.496 e. The van der Waals surface area contributed by atoms with Crippen LogP contribution < -0.4 is 9.46 Å². The largest absolute Gasteiger partial charge is 0.496 e. The van der Waals surface area contributed by atoms with Gasteiger partial charge in [-0.3, -0.25) is 0 Å². The second-order valence-electron chi connectivity index (χ2n) is 5.45. The zero-order valence-corrected chi connectivity index (χ0v) is 17.1. The van der Waals surface area contributed by atoms with Gasteiger partial charge in [0, 0.05) is 16.1 Å². The topological polar surface area (TPSA) is 81.7 Å². The molecule has 0 amide bonds. The quantitative estimate of drug-likeness (QED) is 0.662. The van der Waals surface area contributed by atoms with Crippen LogP contribution in [0.1, 0.15) is 35.8 Å². The molecule has 0 aliphatic heterocycles. The van der Waals surface area contributed by atoms with Crippen molar-refractivity contribution in [3.8, 4) is 5.75 Å². The summed E-state index contributed by atoms with van der Waals surface area (Å²) in [5, 5.41) is 0. The van der Waals surface area contributed by atoms with E-state index >= 15 is 0 Å². The van der Waals surface area contributed by atoms with Crippen LogP contribution in [-0.4, -0.2) is 28.1 Å². The van der Waals surface area contributed by atoms with Gasteiger partial charge in [0.25, 0.3) is 0 Å². The Morgan fingerprint density at radius 3 is 2.54 bits per heavy atom. The number of rotatable bonds is 7. The van der Waals surface area contributed by atoms with Gasteiger partial charge in [-0.05, 0) is 54.0 Å². The third kappa shape index (κ3) is 4.63. The van der Waals surface area contributed by atoms with E-state index in [0.717, 1.165) is 5.56 Å². The van der Waals surface area contributed by atoms with Crippen molar-refractivity contribution in [2.45, 2.75) is 24.8 Å². The number of ether oxygens (including phenoxy) is 2. The fourth-order valence-corrected chi connectivity index (χ4v) is 4.74. The molecule has 0 fully saturated rings. The highest BCUT2D eigenvalue weighted by Gasteiger charge is 2.23.